The van der Waals surface area contributed by atoms with Gasteiger partial charge in [-0.15, -0.1) is 0 Å². The molecular formula is C19H24N2O3. The fraction of sp³-hybridized carbons (Fsp3) is 0.368. The summed E-state index contributed by atoms with van der Waals surface area (Å²) in [5.41, 5.74) is 4.91. The maximum absolute atomic E-state index is 12.6. The lowest BCUT2D eigenvalue weighted by atomic mass is 10.1. The molecule has 0 unspecified atom stereocenters. The molecule has 0 aliphatic rings. The lowest BCUT2D eigenvalue weighted by molar-refractivity contribution is 0.0376. The molecule has 0 saturated carbocycles. The van der Waals surface area contributed by atoms with Gasteiger partial charge >= 0.3 is 5.97 Å². The van der Waals surface area contributed by atoms with Crippen LogP contribution in [0.3, 0.4) is 0 Å². The SMILES string of the molecule is Cc1ccc(NC(=O)c2[nH]c(C)c(C(=O)OC(C)C)c2C)c(C)c1. The molecule has 0 aliphatic heterocycles. The molecule has 2 aromatic rings. The summed E-state index contributed by atoms with van der Waals surface area (Å²) in [5, 5.41) is 2.89. The third-order valence-corrected chi connectivity index (χ3v) is 3.84. The normalized spacial score (nSPS) is 10.8. The average molecular weight is 328 g/mol. The second kappa shape index (κ2) is 6.91. The van der Waals surface area contributed by atoms with Crippen molar-refractivity contribution in [2.75, 3.05) is 5.32 Å². The third-order valence-electron chi connectivity index (χ3n) is 3.84. The summed E-state index contributed by atoms with van der Waals surface area (Å²) in [5.74, 6) is -0.687. The number of carbonyl (C=O) groups is 2. The van der Waals surface area contributed by atoms with E-state index < -0.39 is 5.97 Å². The molecule has 0 atom stereocenters. The van der Waals surface area contributed by atoms with Gasteiger partial charge in [-0.1, -0.05) is 17.7 Å². The summed E-state index contributed by atoms with van der Waals surface area (Å²) in [6.07, 6.45) is -0.210. The van der Waals surface area contributed by atoms with Crippen LogP contribution in [0.25, 0.3) is 0 Å². The molecule has 0 saturated heterocycles. The molecule has 0 spiro atoms. The Hall–Kier alpha value is -2.56. The Balaban J connectivity index is 2.29. The number of anilines is 1. The minimum atomic E-state index is -0.415. The number of amides is 1. The van der Waals surface area contributed by atoms with E-state index in [1.807, 2.05) is 32.0 Å². The second-order valence-corrected chi connectivity index (χ2v) is 6.35. The Kier molecular flexibility index (Phi) is 5.12. The Labute approximate surface area is 142 Å². The molecule has 5 nitrogen and oxygen atoms in total. The number of carbonyl (C=O) groups excluding carboxylic acids is 2. The summed E-state index contributed by atoms with van der Waals surface area (Å²) < 4.78 is 5.25. The molecule has 0 aliphatic carbocycles. The molecule has 0 bridgehead atoms. The van der Waals surface area contributed by atoms with E-state index >= 15 is 0 Å². The van der Waals surface area contributed by atoms with Crippen molar-refractivity contribution in [2.45, 2.75) is 47.6 Å². The fourth-order valence-corrected chi connectivity index (χ4v) is 2.69. The minimum Gasteiger partial charge on any atom is -0.459 e. The number of rotatable bonds is 4. The van der Waals surface area contributed by atoms with E-state index in [1.165, 1.54) is 0 Å². The van der Waals surface area contributed by atoms with Crippen molar-refractivity contribution in [3.63, 3.8) is 0 Å². The molecular weight excluding hydrogens is 304 g/mol. The number of hydrogen-bond acceptors (Lipinski definition) is 3. The predicted octanol–water partition coefficient (Wildman–Crippen LogP) is 4.07. The predicted molar refractivity (Wildman–Crippen MR) is 94.7 cm³/mol. The van der Waals surface area contributed by atoms with E-state index in [2.05, 4.69) is 10.3 Å². The highest BCUT2D eigenvalue weighted by atomic mass is 16.5. The second-order valence-electron chi connectivity index (χ2n) is 6.35. The van der Waals surface area contributed by atoms with E-state index in [0.717, 1.165) is 16.8 Å². The third kappa shape index (κ3) is 3.67. The Morgan fingerprint density at radius 1 is 1.12 bits per heavy atom. The van der Waals surface area contributed by atoms with Crippen LogP contribution < -0.4 is 5.32 Å². The highest BCUT2D eigenvalue weighted by molar-refractivity contribution is 6.07. The molecule has 24 heavy (non-hydrogen) atoms. The van der Waals surface area contributed by atoms with Crippen molar-refractivity contribution in [3.8, 4) is 0 Å². The van der Waals surface area contributed by atoms with Crippen LogP contribution in [0.1, 0.15) is 57.1 Å². The van der Waals surface area contributed by atoms with Gasteiger partial charge in [0.15, 0.2) is 0 Å². The number of nitrogens with one attached hydrogen (secondary N) is 2. The first-order valence-corrected chi connectivity index (χ1v) is 7.99. The molecule has 0 fully saturated rings. The number of aromatic amines is 1. The van der Waals surface area contributed by atoms with Gasteiger partial charge in [0.05, 0.1) is 11.7 Å². The number of H-pyrrole nitrogens is 1. The number of hydrogen-bond donors (Lipinski definition) is 2. The van der Waals surface area contributed by atoms with Crippen molar-refractivity contribution in [1.82, 2.24) is 4.98 Å². The van der Waals surface area contributed by atoms with Gasteiger partial charge in [0.25, 0.3) is 5.91 Å². The molecule has 128 valence electrons. The summed E-state index contributed by atoms with van der Waals surface area (Å²) in [7, 11) is 0. The molecule has 1 amide bonds. The van der Waals surface area contributed by atoms with E-state index in [0.29, 0.717) is 22.5 Å². The van der Waals surface area contributed by atoms with Crippen LogP contribution in [-0.4, -0.2) is 23.0 Å². The summed E-state index contributed by atoms with van der Waals surface area (Å²) in [4.78, 5) is 27.8. The number of aryl methyl sites for hydroxylation is 3. The lowest BCUT2D eigenvalue weighted by Crippen LogP contribution is -2.15. The highest BCUT2D eigenvalue weighted by Gasteiger charge is 2.23. The maximum atomic E-state index is 12.6. The Morgan fingerprint density at radius 2 is 1.79 bits per heavy atom. The zero-order valence-corrected chi connectivity index (χ0v) is 15.0. The van der Waals surface area contributed by atoms with Crippen LogP contribution in [0.15, 0.2) is 18.2 Å². The van der Waals surface area contributed by atoms with E-state index in [4.69, 9.17) is 4.74 Å². The van der Waals surface area contributed by atoms with Crippen molar-refractivity contribution in [1.29, 1.82) is 0 Å². The molecule has 1 aromatic heterocycles. The van der Waals surface area contributed by atoms with E-state index in [9.17, 15) is 9.59 Å². The van der Waals surface area contributed by atoms with Gasteiger partial charge in [0, 0.05) is 11.4 Å². The minimum absolute atomic E-state index is 0.210. The molecule has 1 aromatic carbocycles. The molecule has 5 heteroatoms. The summed E-state index contributed by atoms with van der Waals surface area (Å²) in [6, 6.07) is 5.83. The van der Waals surface area contributed by atoms with E-state index in [-0.39, 0.29) is 12.0 Å². The topological polar surface area (TPSA) is 71.2 Å². The number of aromatic nitrogens is 1. The van der Waals surface area contributed by atoms with Gasteiger partial charge in [-0.3, -0.25) is 4.79 Å². The molecule has 1 heterocycles. The zero-order chi connectivity index (χ0) is 18.0. The molecule has 2 N–H and O–H groups in total. The quantitative estimate of drug-likeness (QED) is 0.831. The van der Waals surface area contributed by atoms with Crippen LogP contribution in [-0.2, 0) is 4.74 Å². The van der Waals surface area contributed by atoms with Gasteiger partial charge in [-0.05, 0) is 58.7 Å². The van der Waals surface area contributed by atoms with Gasteiger partial charge in [-0.2, -0.15) is 0 Å². The molecule has 0 radical (unpaired) electrons. The largest absolute Gasteiger partial charge is 0.459 e. The lowest BCUT2D eigenvalue weighted by Gasteiger charge is -2.10. The van der Waals surface area contributed by atoms with Gasteiger partial charge < -0.3 is 15.0 Å². The van der Waals surface area contributed by atoms with Crippen LogP contribution >= 0.6 is 0 Å². The zero-order valence-electron chi connectivity index (χ0n) is 15.0. The Morgan fingerprint density at radius 3 is 2.38 bits per heavy atom. The summed E-state index contributed by atoms with van der Waals surface area (Å²) in [6.45, 7) is 11.0. The van der Waals surface area contributed by atoms with Crippen molar-refractivity contribution in [3.05, 3.63) is 51.8 Å². The number of esters is 1. The monoisotopic (exact) mass is 328 g/mol. The first-order chi connectivity index (χ1) is 11.2. The fourth-order valence-electron chi connectivity index (χ4n) is 2.69. The van der Waals surface area contributed by atoms with Crippen LogP contribution in [0, 0.1) is 27.7 Å². The smallest absolute Gasteiger partial charge is 0.340 e. The Bertz CT molecular complexity index is 788. The number of ether oxygens (including phenoxy) is 1. The maximum Gasteiger partial charge on any atom is 0.340 e. The van der Waals surface area contributed by atoms with Crippen LogP contribution in [0.4, 0.5) is 5.69 Å². The van der Waals surface area contributed by atoms with E-state index in [1.54, 1.807) is 27.7 Å². The molecule has 2 rings (SSSR count). The van der Waals surface area contributed by atoms with Crippen molar-refractivity contribution < 1.29 is 14.3 Å². The number of benzene rings is 1. The summed E-state index contributed by atoms with van der Waals surface area (Å²) >= 11 is 0. The van der Waals surface area contributed by atoms with Gasteiger partial charge in [0.1, 0.15) is 5.69 Å². The van der Waals surface area contributed by atoms with Crippen LogP contribution in [0.5, 0.6) is 0 Å². The highest BCUT2D eigenvalue weighted by Crippen LogP contribution is 2.22. The first-order valence-electron chi connectivity index (χ1n) is 7.99. The van der Waals surface area contributed by atoms with Crippen LogP contribution in [0.2, 0.25) is 0 Å². The van der Waals surface area contributed by atoms with Gasteiger partial charge in [-0.25, -0.2) is 4.79 Å². The van der Waals surface area contributed by atoms with Gasteiger partial charge in [0.2, 0.25) is 0 Å². The first kappa shape index (κ1) is 17.8. The van der Waals surface area contributed by atoms with Crippen molar-refractivity contribution >= 4 is 17.6 Å². The van der Waals surface area contributed by atoms with Crippen molar-refractivity contribution in [2.24, 2.45) is 0 Å². The average Bonchev–Trinajstić information content (AvgIpc) is 2.76. The standard InChI is InChI=1S/C19H24N2O3/c1-10(2)24-19(23)16-13(5)17(20-14(16)6)18(22)21-15-8-7-11(3)9-12(15)4/h7-10,20H,1-6H3,(H,21,22).